The summed E-state index contributed by atoms with van der Waals surface area (Å²) >= 11 is 1.85. The summed E-state index contributed by atoms with van der Waals surface area (Å²) < 4.78 is 0. The van der Waals surface area contributed by atoms with Crippen LogP contribution >= 0.6 is 11.8 Å². The van der Waals surface area contributed by atoms with E-state index in [-0.39, 0.29) is 6.61 Å². The highest BCUT2D eigenvalue weighted by Gasteiger charge is 2.15. The second-order valence-electron chi connectivity index (χ2n) is 3.79. The van der Waals surface area contributed by atoms with Crippen LogP contribution in [0.25, 0.3) is 0 Å². The Balaban J connectivity index is 2.88. The van der Waals surface area contributed by atoms with Crippen molar-refractivity contribution < 1.29 is 5.11 Å². The van der Waals surface area contributed by atoms with E-state index in [1.54, 1.807) is 12.4 Å². The van der Waals surface area contributed by atoms with Crippen molar-refractivity contribution in [1.29, 1.82) is 0 Å². The van der Waals surface area contributed by atoms with Crippen molar-refractivity contribution in [3.63, 3.8) is 0 Å². The van der Waals surface area contributed by atoms with Crippen LogP contribution in [0.1, 0.15) is 18.9 Å². The zero-order chi connectivity index (χ0) is 12.0. The summed E-state index contributed by atoms with van der Waals surface area (Å²) in [4.78, 5) is 6.28. The molecule has 0 aliphatic rings. The second kappa shape index (κ2) is 6.76. The van der Waals surface area contributed by atoms with Gasteiger partial charge in [0.05, 0.1) is 6.61 Å². The maximum Gasteiger partial charge on any atom is 0.0717 e. The van der Waals surface area contributed by atoms with E-state index in [4.69, 9.17) is 0 Å². The van der Waals surface area contributed by atoms with Gasteiger partial charge in [0.15, 0.2) is 0 Å². The molecule has 0 saturated carbocycles. The molecule has 1 rings (SSSR count). The Morgan fingerprint density at radius 3 is 2.88 bits per heavy atom. The Morgan fingerprint density at radius 2 is 2.31 bits per heavy atom. The number of hydrogen-bond donors (Lipinski definition) is 1. The molecule has 16 heavy (non-hydrogen) atoms. The van der Waals surface area contributed by atoms with Crippen LogP contribution in [0.2, 0.25) is 0 Å². The molecule has 0 aliphatic carbocycles. The average molecular weight is 240 g/mol. The van der Waals surface area contributed by atoms with Crippen LogP contribution in [-0.2, 0) is 6.61 Å². The lowest BCUT2D eigenvalue weighted by Gasteiger charge is -2.30. The Labute approximate surface area is 102 Å². The molecule has 1 aromatic rings. The molecule has 0 aliphatic heterocycles. The summed E-state index contributed by atoms with van der Waals surface area (Å²) in [6.45, 7) is 2.24. The molecule has 0 bridgehead atoms. The zero-order valence-electron chi connectivity index (χ0n) is 10.2. The summed E-state index contributed by atoms with van der Waals surface area (Å²) in [7, 11) is 2.08. The van der Waals surface area contributed by atoms with Crippen molar-refractivity contribution in [3.8, 4) is 0 Å². The molecule has 0 spiro atoms. The fourth-order valence-electron chi connectivity index (χ4n) is 1.78. The SMILES string of the molecule is CCC(CSC)N(C)c1ccncc1CO. The molecular weight excluding hydrogens is 220 g/mol. The standard InChI is InChI=1S/C12H20N2OS/c1-4-11(9-16-3)14(2)12-5-6-13-7-10(12)8-15/h5-7,11,15H,4,8-9H2,1-3H3. The summed E-state index contributed by atoms with van der Waals surface area (Å²) in [6, 6.07) is 2.47. The smallest absolute Gasteiger partial charge is 0.0717 e. The number of nitrogens with zero attached hydrogens (tertiary/aromatic N) is 2. The first kappa shape index (κ1) is 13.3. The Hall–Kier alpha value is -0.740. The third kappa shape index (κ3) is 3.12. The highest BCUT2D eigenvalue weighted by Crippen LogP contribution is 2.22. The second-order valence-corrected chi connectivity index (χ2v) is 4.70. The van der Waals surface area contributed by atoms with Gasteiger partial charge in [0.2, 0.25) is 0 Å². The minimum atomic E-state index is 0.0449. The van der Waals surface area contributed by atoms with E-state index in [0.29, 0.717) is 6.04 Å². The van der Waals surface area contributed by atoms with Gasteiger partial charge >= 0.3 is 0 Å². The number of aliphatic hydroxyl groups excluding tert-OH is 1. The van der Waals surface area contributed by atoms with Gasteiger partial charge in [0.1, 0.15) is 0 Å². The molecule has 0 amide bonds. The van der Waals surface area contributed by atoms with Crippen LogP contribution in [0.4, 0.5) is 5.69 Å². The largest absolute Gasteiger partial charge is 0.392 e. The lowest BCUT2D eigenvalue weighted by Crippen LogP contribution is -2.33. The number of aromatic nitrogens is 1. The van der Waals surface area contributed by atoms with Gasteiger partial charge in [0.25, 0.3) is 0 Å². The highest BCUT2D eigenvalue weighted by molar-refractivity contribution is 7.98. The van der Waals surface area contributed by atoms with Crippen molar-refractivity contribution in [3.05, 3.63) is 24.0 Å². The fourth-order valence-corrected chi connectivity index (χ4v) is 2.62. The molecule has 0 aromatic carbocycles. The molecule has 90 valence electrons. The molecule has 4 heteroatoms. The Bertz CT molecular complexity index is 320. The molecule has 1 unspecified atom stereocenters. The van der Waals surface area contributed by atoms with E-state index in [1.807, 2.05) is 17.8 Å². The third-order valence-electron chi connectivity index (χ3n) is 2.81. The molecule has 1 atom stereocenters. The quantitative estimate of drug-likeness (QED) is 0.826. The Kier molecular flexibility index (Phi) is 5.63. The number of aliphatic hydroxyl groups is 1. The number of anilines is 1. The predicted molar refractivity (Wildman–Crippen MR) is 71.0 cm³/mol. The number of rotatable bonds is 6. The summed E-state index contributed by atoms with van der Waals surface area (Å²) in [5.74, 6) is 1.10. The van der Waals surface area contributed by atoms with Gasteiger partial charge in [-0.3, -0.25) is 4.98 Å². The van der Waals surface area contributed by atoms with Gasteiger partial charge in [-0.05, 0) is 18.7 Å². The predicted octanol–water partition coefficient (Wildman–Crippen LogP) is 2.15. The summed E-state index contributed by atoms with van der Waals surface area (Å²) in [5, 5.41) is 9.28. The van der Waals surface area contributed by atoms with Crippen LogP contribution in [0.15, 0.2) is 18.5 Å². The van der Waals surface area contributed by atoms with Crippen molar-refractivity contribution >= 4 is 17.4 Å². The lowest BCUT2D eigenvalue weighted by molar-refractivity contribution is 0.281. The van der Waals surface area contributed by atoms with Crippen molar-refractivity contribution in [2.45, 2.75) is 26.0 Å². The first-order valence-corrected chi connectivity index (χ1v) is 6.89. The number of pyridine rings is 1. The number of hydrogen-bond acceptors (Lipinski definition) is 4. The maximum atomic E-state index is 9.28. The third-order valence-corrected chi connectivity index (χ3v) is 3.52. The van der Waals surface area contributed by atoms with Gasteiger partial charge in [-0.2, -0.15) is 11.8 Å². The van der Waals surface area contributed by atoms with Gasteiger partial charge in [-0.15, -0.1) is 0 Å². The van der Waals surface area contributed by atoms with Crippen LogP contribution in [-0.4, -0.2) is 35.2 Å². The minimum Gasteiger partial charge on any atom is -0.392 e. The van der Waals surface area contributed by atoms with Crippen molar-refractivity contribution in [2.75, 3.05) is 24.0 Å². The van der Waals surface area contributed by atoms with E-state index < -0.39 is 0 Å². The molecule has 0 radical (unpaired) electrons. The Morgan fingerprint density at radius 1 is 1.56 bits per heavy atom. The fraction of sp³-hybridized carbons (Fsp3) is 0.583. The van der Waals surface area contributed by atoms with E-state index in [1.165, 1.54) is 0 Å². The topological polar surface area (TPSA) is 36.4 Å². The first-order valence-electron chi connectivity index (χ1n) is 5.50. The van der Waals surface area contributed by atoms with Crippen LogP contribution in [0.3, 0.4) is 0 Å². The van der Waals surface area contributed by atoms with Crippen molar-refractivity contribution in [2.24, 2.45) is 0 Å². The van der Waals surface area contributed by atoms with Crippen LogP contribution in [0, 0.1) is 0 Å². The molecule has 1 heterocycles. The summed E-state index contributed by atoms with van der Waals surface area (Å²) in [6.07, 6.45) is 6.73. The lowest BCUT2D eigenvalue weighted by atomic mass is 10.1. The molecule has 1 aromatic heterocycles. The molecule has 0 saturated heterocycles. The molecule has 0 fully saturated rings. The normalized spacial score (nSPS) is 12.5. The van der Waals surface area contributed by atoms with Gasteiger partial charge in [0, 0.05) is 42.5 Å². The molecule has 3 nitrogen and oxygen atoms in total. The van der Waals surface area contributed by atoms with Gasteiger partial charge in [-0.25, -0.2) is 0 Å². The van der Waals surface area contributed by atoms with Gasteiger partial charge < -0.3 is 10.0 Å². The van der Waals surface area contributed by atoms with Crippen molar-refractivity contribution in [1.82, 2.24) is 4.98 Å². The van der Waals surface area contributed by atoms with E-state index in [0.717, 1.165) is 23.4 Å². The molecular formula is C12H20N2OS. The highest BCUT2D eigenvalue weighted by atomic mass is 32.2. The minimum absolute atomic E-state index is 0.0449. The maximum absolute atomic E-state index is 9.28. The number of thioether (sulfide) groups is 1. The van der Waals surface area contributed by atoms with Crippen LogP contribution < -0.4 is 4.90 Å². The van der Waals surface area contributed by atoms with Gasteiger partial charge in [-0.1, -0.05) is 6.92 Å². The van der Waals surface area contributed by atoms with Crippen LogP contribution in [0.5, 0.6) is 0 Å². The van der Waals surface area contributed by atoms with E-state index in [2.05, 4.69) is 30.1 Å². The zero-order valence-corrected chi connectivity index (χ0v) is 11.0. The average Bonchev–Trinajstić information content (AvgIpc) is 2.35. The van der Waals surface area contributed by atoms with E-state index in [9.17, 15) is 5.11 Å². The van der Waals surface area contributed by atoms with E-state index >= 15 is 0 Å². The summed E-state index contributed by atoms with van der Waals surface area (Å²) in [5.41, 5.74) is 1.97. The monoisotopic (exact) mass is 240 g/mol. The first-order chi connectivity index (χ1) is 7.74. The molecule has 1 N–H and O–H groups in total.